The van der Waals surface area contributed by atoms with E-state index in [2.05, 4.69) is 4.74 Å². The smallest absolute Gasteiger partial charge is 0.405 e. The summed E-state index contributed by atoms with van der Waals surface area (Å²) < 4.78 is 40.5. The number of benzene rings is 1. The van der Waals surface area contributed by atoms with Crippen molar-refractivity contribution < 1.29 is 27.8 Å². The number of hydrogen-bond donors (Lipinski definition) is 1. The third-order valence-electron chi connectivity index (χ3n) is 2.79. The van der Waals surface area contributed by atoms with E-state index in [0.717, 1.165) is 6.07 Å². The molecule has 1 aliphatic rings. The van der Waals surface area contributed by atoms with Crippen molar-refractivity contribution in [3.63, 3.8) is 0 Å². The summed E-state index contributed by atoms with van der Waals surface area (Å²) in [6, 6.07) is 5.18. The molecule has 1 N–H and O–H groups in total. The average molecular weight is 275 g/mol. The highest BCUT2D eigenvalue weighted by atomic mass is 19.4. The standard InChI is InChI=1S/C12H12F3NO3/c13-12(14,15)19-10-4-2-1-3-9(10)11(18)16-6-5-8(17)7-16/h1-4,8,17H,5-7H2/t8-/m1/s1. The minimum Gasteiger partial charge on any atom is -0.405 e. The molecule has 0 bridgehead atoms. The Morgan fingerprint density at radius 2 is 2.05 bits per heavy atom. The van der Waals surface area contributed by atoms with E-state index in [9.17, 15) is 23.1 Å². The van der Waals surface area contributed by atoms with Gasteiger partial charge in [-0.2, -0.15) is 0 Å². The monoisotopic (exact) mass is 275 g/mol. The highest BCUT2D eigenvalue weighted by Gasteiger charge is 2.34. The zero-order chi connectivity index (χ0) is 14.0. The van der Waals surface area contributed by atoms with Crippen molar-refractivity contribution in [2.75, 3.05) is 13.1 Å². The number of amides is 1. The van der Waals surface area contributed by atoms with E-state index in [1.165, 1.54) is 23.1 Å². The molecule has 0 saturated carbocycles. The molecular formula is C12H12F3NO3. The molecule has 1 atom stereocenters. The molecule has 104 valence electrons. The molecule has 0 radical (unpaired) electrons. The van der Waals surface area contributed by atoms with Gasteiger partial charge in [-0.05, 0) is 18.6 Å². The second-order valence-electron chi connectivity index (χ2n) is 4.24. The summed E-state index contributed by atoms with van der Waals surface area (Å²) in [5.41, 5.74) is -0.158. The van der Waals surface area contributed by atoms with Gasteiger partial charge in [0, 0.05) is 13.1 Å². The van der Waals surface area contributed by atoms with Crippen LogP contribution in [0.5, 0.6) is 5.75 Å². The SMILES string of the molecule is O=C(c1ccccc1OC(F)(F)F)N1CC[C@@H](O)C1. The fourth-order valence-corrected chi connectivity index (χ4v) is 1.95. The topological polar surface area (TPSA) is 49.8 Å². The second-order valence-corrected chi connectivity index (χ2v) is 4.24. The van der Waals surface area contributed by atoms with E-state index in [-0.39, 0.29) is 12.1 Å². The Hall–Kier alpha value is -1.76. The van der Waals surface area contributed by atoms with Crippen LogP contribution < -0.4 is 4.74 Å². The Morgan fingerprint density at radius 1 is 1.37 bits per heavy atom. The quantitative estimate of drug-likeness (QED) is 0.895. The number of aliphatic hydroxyl groups is 1. The molecule has 7 heteroatoms. The summed E-state index contributed by atoms with van der Waals surface area (Å²) >= 11 is 0. The maximum absolute atomic E-state index is 12.2. The van der Waals surface area contributed by atoms with Crippen molar-refractivity contribution in [3.8, 4) is 5.75 Å². The Morgan fingerprint density at radius 3 is 2.63 bits per heavy atom. The van der Waals surface area contributed by atoms with Crippen LogP contribution >= 0.6 is 0 Å². The highest BCUT2D eigenvalue weighted by Crippen LogP contribution is 2.27. The minimum absolute atomic E-state index is 0.124. The first-order chi connectivity index (χ1) is 8.87. The molecule has 1 aliphatic heterocycles. The number of carbonyl (C=O) groups is 1. The molecule has 2 rings (SSSR count). The lowest BCUT2D eigenvalue weighted by Crippen LogP contribution is -2.30. The Balaban J connectivity index is 2.22. The summed E-state index contributed by atoms with van der Waals surface area (Å²) in [5, 5.41) is 9.35. The lowest BCUT2D eigenvalue weighted by molar-refractivity contribution is -0.274. The van der Waals surface area contributed by atoms with Crippen LogP contribution in [0, 0.1) is 0 Å². The normalized spacial score (nSPS) is 19.6. The first-order valence-corrected chi connectivity index (χ1v) is 5.69. The number of halogens is 3. The lowest BCUT2D eigenvalue weighted by Gasteiger charge is -2.18. The number of likely N-dealkylation sites (tertiary alicyclic amines) is 1. The number of ether oxygens (including phenoxy) is 1. The predicted octanol–water partition coefficient (Wildman–Crippen LogP) is 1.79. The van der Waals surface area contributed by atoms with E-state index in [4.69, 9.17) is 0 Å². The zero-order valence-corrected chi connectivity index (χ0v) is 9.85. The third-order valence-corrected chi connectivity index (χ3v) is 2.79. The van der Waals surface area contributed by atoms with Gasteiger partial charge >= 0.3 is 6.36 Å². The van der Waals surface area contributed by atoms with Gasteiger partial charge < -0.3 is 14.7 Å². The maximum Gasteiger partial charge on any atom is 0.573 e. The average Bonchev–Trinajstić information content (AvgIpc) is 2.74. The second kappa shape index (κ2) is 5.08. The number of β-amino-alcohol motifs (C(OH)–C–C–N with tert-alkyl or cyclic N) is 1. The van der Waals surface area contributed by atoms with Gasteiger partial charge in [0.1, 0.15) is 5.75 Å². The third kappa shape index (κ3) is 3.37. The van der Waals surface area contributed by atoms with Crippen LogP contribution in [0.2, 0.25) is 0 Å². The molecule has 0 aliphatic carbocycles. The van der Waals surface area contributed by atoms with Crippen molar-refractivity contribution in [1.29, 1.82) is 0 Å². The molecule has 4 nitrogen and oxygen atoms in total. The van der Waals surface area contributed by atoms with Crippen LogP contribution in [-0.4, -0.2) is 41.5 Å². The fourth-order valence-electron chi connectivity index (χ4n) is 1.95. The molecule has 1 aromatic carbocycles. The molecule has 1 aromatic rings. The Labute approximate surface area is 107 Å². The van der Waals surface area contributed by atoms with Crippen LogP contribution in [0.3, 0.4) is 0 Å². The lowest BCUT2D eigenvalue weighted by atomic mass is 10.2. The number of rotatable bonds is 2. The van der Waals surface area contributed by atoms with Crippen LogP contribution in [0.15, 0.2) is 24.3 Å². The largest absolute Gasteiger partial charge is 0.573 e. The van der Waals surface area contributed by atoms with Crippen molar-refractivity contribution in [2.24, 2.45) is 0 Å². The molecular weight excluding hydrogens is 263 g/mol. The predicted molar refractivity (Wildman–Crippen MR) is 59.7 cm³/mol. The summed E-state index contributed by atoms with van der Waals surface area (Å²) in [6.45, 7) is 0.444. The summed E-state index contributed by atoms with van der Waals surface area (Å²) in [6.07, 6.45) is -5.05. The molecule has 0 spiro atoms. The number of aliphatic hydroxyl groups excluding tert-OH is 1. The molecule has 1 fully saturated rings. The van der Waals surface area contributed by atoms with E-state index in [1.54, 1.807) is 0 Å². The molecule has 0 unspecified atom stereocenters. The van der Waals surface area contributed by atoms with Gasteiger partial charge in [-0.3, -0.25) is 4.79 Å². The molecule has 0 aromatic heterocycles. The van der Waals surface area contributed by atoms with Gasteiger partial charge in [-0.25, -0.2) is 0 Å². The maximum atomic E-state index is 12.2. The summed E-state index contributed by atoms with van der Waals surface area (Å²) in [4.78, 5) is 13.4. The van der Waals surface area contributed by atoms with Gasteiger partial charge in [0.05, 0.1) is 11.7 Å². The number of carbonyl (C=O) groups excluding carboxylic acids is 1. The molecule has 19 heavy (non-hydrogen) atoms. The zero-order valence-electron chi connectivity index (χ0n) is 9.85. The van der Waals surface area contributed by atoms with Gasteiger partial charge in [0.15, 0.2) is 0 Å². The fraction of sp³-hybridized carbons (Fsp3) is 0.417. The van der Waals surface area contributed by atoms with Crippen molar-refractivity contribution in [1.82, 2.24) is 4.90 Å². The summed E-state index contributed by atoms with van der Waals surface area (Å²) in [5.74, 6) is -1.10. The van der Waals surface area contributed by atoms with Crippen molar-refractivity contribution >= 4 is 5.91 Å². The first-order valence-electron chi connectivity index (χ1n) is 5.69. The molecule has 1 heterocycles. The van der Waals surface area contributed by atoms with E-state index in [1.807, 2.05) is 0 Å². The summed E-state index contributed by atoms with van der Waals surface area (Å²) in [7, 11) is 0. The van der Waals surface area contributed by atoms with E-state index in [0.29, 0.717) is 13.0 Å². The van der Waals surface area contributed by atoms with Crippen LogP contribution in [0.25, 0.3) is 0 Å². The Bertz CT molecular complexity index is 476. The molecule has 1 amide bonds. The van der Waals surface area contributed by atoms with E-state index >= 15 is 0 Å². The number of para-hydroxylation sites is 1. The minimum atomic E-state index is -4.85. The van der Waals surface area contributed by atoms with Gasteiger partial charge in [0.25, 0.3) is 5.91 Å². The van der Waals surface area contributed by atoms with Gasteiger partial charge in [0.2, 0.25) is 0 Å². The van der Waals surface area contributed by atoms with Crippen LogP contribution in [0.1, 0.15) is 16.8 Å². The number of alkyl halides is 3. The van der Waals surface area contributed by atoms with E-state index < -0.39 is 24.1 Å². The van der Waals surface area contributed by atoms with Crippen LogP contribution in [0.4, 0.5) is 13.2 Å². The Kier molecular flexibility index (Phi) is 3.66. The van der Waals surface area contributed by atoms with Gasteiger partial charge in [-0.1, -0.05) is 12.1 Å². The number of hydrogen-bond acceptors (Lipinski definition) is 3. The van der Waals surface area contributed by atoms with Crippen LogP contribution in [-0.2, 0) is 0 Å². The number of nitrogens with zero attached hydrogens (tertiary/aromatic N) is 1. The van der Waals surface area contributed by atoms with Crippen molar-refractivity contribution in [2.45, 2.75) is 18.9 Å². The highest BCUT2D eigenvalue weighted by molar-refractivity contribution is 5.97. The van der Waals surface area contributed by atoms with Gasteiger partial charge in [-0.15, -0.1) is 13.2 Å². The molecule has 1 saturated heterocycles. The van der Waals surface area contributed by atoms with Crippen molar-refractivity contribution in [3.05, 3.63) is 29.8 Å². The first kappa shape index (κ1) is 13.7.